The Morgan fingerprint density at radius 1 is 0.923 bits per heavy atom. The Hall–Kier alpha value is -2.17. The van der Waals surface area contributed by atoms with Crippen molar-refractivity contribution < 1.29 is 4.79 Å². The molecule has 2 heterocycles. The van der Waals surface area contributed by atoms with Crippen LogP contribution in [0.1, 0.15) is 28.4 Å². The third kappa shape index (κ3) is 3.67. The van der Waals surface area contributed by atoms with Crippen LogP contribution in [0.4, 0.5) is 0 Å². The molecule has 2 aliphatic rings. The Kier molecular flexibility index (Phi) is 5.05. The van der Waals surface area contributed by atoms with E-state index >= 15 is 0 Å². The second-order valence-corrected chi connectivity index (χ2v) is 7.66. The summed E-state index contributed by atoms with van der Waals surface area (Å²) in [5.41, 5.74) is 8.35. The molecule has 4 rings (SSSR count). The predicted octanol–water partition coefficient (Wildman–Crippen LogP) is 2.78. The molecule has 2 aromatic rings. The van der Waals surface area contributed by atoms with Crippen molar-refractivity contribution in [3.8, 4) is 0 Å². The van der Waals surface area contributed by atoms with E-state index in [1.54, 1.807) is 0 Å². The van der Waals surface area contributed by atoms with Crippen LogP contribution in [0.5, 0.6) is 0 Å². The van der Waals surface area contributed by atoms with E-state index < -0.39 is 0 Å². The maximum Gasteiger partial charge on any atom is 0.253 e. The smallest absolute Gasteiger partial charge is 0.253 e. The van der Waals surface area contributed by atoms with E-state index in [1.165, 1.54) is 5.56 Å². The molecule has 0 bridgehead atoms. The first kappa shape index (κ1) is 17.3. The molecule has 2 aromatic carbocycles. The molecule has 2 N–H and O–H groups in total. The second-order valence-electron chi connectivity index (χ2n) is 7.66. The van der Waals surface area contributed by atoms with Crippen LogP contribution in [0.3, 0.4) is 0 Å². The van der Waals surface area contributed by atoms with Gasteiger partial charge in [0.2, 0.25) is 0 Å². The van der Waals surface area contributed by atoms with Crippen LogP contribution in [0.15, 0.2) is 60.7 Å². The predicted molar refractivity (Wildman–Crippen MR) is 104 cm³/mol. The molecular formula is C22H27N3O. The summed E-state index contributed by atoms with van der Waals surface area (Å²) in [5, 5.41) is 0. The van der Waals surface area contributed by atoms with Crippen molar-refractivity contribution in [1.82, 2.24) is 9.80 Å². The van der Waals surface area contributed by atoms with Crippen molar-refractivity contribution in [1.29, 1.82) is 0 Å². The summed E-state index contributed by atoms with van der Waals surface area (Å²) >= 11 is 0. The Labute approximate surface area is 155 Å². The topological polar surface area (TPSA) is 49.6 Å². The van der Waals surface area contributed by atoms with Gasteiger partial charge in [0.1, 0.15) is 0 Å². The van der Waals surface area contributed by atoms with Crippen LogP contribution in [-0.2, 0) is 0 Å². The Bertz CT molecular complexity index is 720. The van der Waals surface area contributed by atoms with Gasteiger partial charge in [0.05, 0.1) is 0 Å². The molecule has 3 atom stereocenters. The van der Waals surface area contributed by atoms with Crippen molar-refractivity contribution in [2.24, 2.45) is 17.6 Å². The van der Waals surface area contributed by atoms with Crippen LogP contribution in [0, 0.1) is 11.8 Å². The van der Waals surface area contributed by atoms with Crippen molar-refractivity contribution >= 4 is 5.91 Å². The van der Waals surface area contributed by atoms with E-state index in [1.807, 2.05) is 53.4 Å². The van der Waals surface area contributed by atoms with Gasteiger partial charge in [0, 0.05) is 37.8 Å². The summed E-state index contributed by atoms with van der Waals surface area (Å²) in [5.74, 6) is 1.39. The number of carbonyl (C=O) groups excluding carboxylic acids is 1. The molecule has 0 aromatic heterocycles. The summed E-state index contributed by atoms with van der Waals surface area (Å²) < 4.78 is 0. The minimum absolute atomic E-state index is 0.104. The molecule has 0 radical (unpaired) electrons. The normalized spacial score (nSPS) is 23.8. The van der Waals surface area contributed by atoms with Crippen LogP contribution < -0.4 is 5.73 Å². The lowest BCUT2D eigenvalue weighted by Crippen LogP contribution is -2.34. The number of nitrogens with zero attached hydrogens (tertiary/aromatic N) is 2. The first-order chi connectivity index (χ1) is 12.7. The Balaban J connectivity index is 1.27. The number of amides is 1. The average Bonchev–Trinajstić information content (AvgIpc) is 3.25. The van der Waals surface area contributed by atoms with Gasteiger partial charge in [0.15, 0.2) is 0 Å². The maximum absolute atomic E-state index is 12.6. The van der Waals surface area contributed by atoms with Crippen LogP contribution >= 0.6 is 0 Å². The SMILES string of the molecule is N[C@@H](CCN1CC2CN(C(=O)c3ccccc3)CC2C1)c1ccccc1. The van der Waals surface area contributed by atoms with Crippen LogP contribution in [-0.4, -0.2) is 48.4 Å². The van der Waals surface area contributed by atoms with E-state index in [0.717, 1.165) is 44.7 Å². The van der Waals surface area contributed by atoms with Gasteiger partial charge < -0.3 is 15.5 Å². The number of hydrogen-bond donors (Lipinski definition) is 1. The molecule has 4 nitrogen and oxygen atoms in total. The summed E-state index contributed by atoms with van der Waals surface area (Å²) in [6, 6.07) is 20.1. The van der Waals surface area contributed by atoms with E-state index in [4.69, 9.17) is 5.73 Å². The highest BCUT2D eigenvalue weighted by molar-refractivity contribution is 5.94. The molecule has 1 amide bonds. The quantitative estimate of drug-likeness (QED) is 0.903. The molecule has 26 heavy (non-hydrogen) atoms. The lowest BCUT2D eigenvalue weighted by atomic mass is 10.0. The number of benzene rings is 2. The van der Waals surface area contributed by atoms with Gasteiger partial charge in [-0.2, -0.15) is 0 Å². The van der Waals surface area contributed by atoms with Gasteiger partial charge >= 0.3 is 0 Å². The van der Waals surface area contributed by atoms with Gasteiger partial charge in [0.25, 0.3) is 5.91 Å². The molecule has 0 aliphatic carbocycles. The number of nitrogens with two attached hydrogens (primary N) is 1. The second kappa shape index (κ2) is 7.60. The van der Waals surface area contributed by atoms with E-state index in [9.17, 15) is 4.79 Å². The summed E-state index contributed by atoms with van der Waals surface area (Å²) in [6.45, 7) is 4.99. The minimum Gasteiger partial charge on any atom is -0.338 e. The molecule has 2 unspecified atom stereocenters. The lowest BCUT2D eigenvalue weighted by Gasteiger charge is -2.23. The average molecular weight is 349 g/mol. The highest BCUT2D eigenvalue weighted by Crippen LogP contribution is 2.32. The molecular weight excluding hydrogens is 322 g/mol. The van der Waals surface area contributed by atoms with Gasteiger partial charge in [-0.05, 0) is 42.5 Å². The number of carbonyl (C=O) groups is 1. The number of likely N-dealkylation sites (tertiary alicyclic amines) is 2. The van der Waals surface area contributed by atoms with Crippen molar-refractivity contribution in [2.75, 3.05) is 32.7 Å². The standard InChI is InChI=1S/C22H27N3O/c23-21(17-7-3-1-4-8-17)11-12-24-13-19-15-25(16-20(19)14-24)22(26)18-9-5-2-6-10-18/h1-10,19-21H,11-16,23H2/t19?,20?,21-/m0/s1. The monoisotopic (exact) mass is 349 g/mol. The molecule has 2 aliphatic heterocycles. The van der Waals surface area contributed by atoms with Gasteiger partial charge in [-0.1, -0.05) is 48.5 Å². The molecule has 136 valence electrons. The molecule has 2 saturated heterocycles. The van der Waals surface area contributed by atoms with Gasteiger partial charge in [-0.3, -0.25) is 4.79 Å². The van der Waals surface area contributed by atoms with Crippen molar-refractivity contribution in [3.63, 3.8) is 0 Å². The zero-order valence-corrected chi connectivity index (χ0v) is 15.1. The van der Waals surface area contributed by atoms with Gasteiger partial charge in [-0.25, -0.2) is 0 Å². The van der Waals surface area contributed by atoms with E-state index in [2.05, 4.69) is 17.0 Å². The number of fused-ring (bicyclic) bond motifs is 1. The van der Waals surface area contributed by atoms with Crippen LogP contribution in [0.2, 0.25) is 0 Å². The summed E-state index contributed by atoms with van der Waals surface area (Å²) in [6.07, 6.45) is 0.982. The molecule has 4 heteroatoms. The van der Waals surface area contributed by atoms with Crippen molar-refractivity contribution in [3.05, 3.63) is 71.8 Å². The third-order valence-corrected chi connectivity index (χ3v) is 5.85. The van der Waals surface area contributed by atoms with Crippen LogP contribution in [0.25, 0.3) is 0 Å². The molecule has 0 spiro atoms. The third-order valence-electron chi connectivity index (χ3n) is 5.85. The zero-order valence-electron chi connectivity index (χ0n) is 15.1. The maximum atomic E-state index is 12.6. The van der Waals surface area contributed by atoms with Gasteiger partial charge in [-0.15, -0.1) is 0 Å². The lowest BCUT2D eigenvalue weighted by molar-refractivity contribution is 0.0774. The van der Waals surface area contributed by atoms with E-state index in [0.29, 0.717) is 11.8 Å². The fourth-order valence-electron chi connectivity index (χ4n) is 4.39. The largest absolute Gasteiger partial charge is 0.338 e. The number of hydrogen-bond acceptors (Lipinski definition) is 3. The zero-order chi connectivity index (χ0) is 17.9. The highest BCUT2D eigenvalue weighted by Gasteiger charge is 2.41. The fraction of sp³-hybridized carbons (Fsp3) is 0.409. The first-order valence-corrected chi connectivity index (χ1v) is 9.58. The first-order valence-electron chi connectivity index (χ1n) is 9.58. The summed E-state index contributed by atoms with van der Waals surface area (Å²) in [7, 11) is 0. The Morgan fingerprint density at radius 2 is 1.50 bits per heavy atom. The molecule has 0 saturated carbocycles. The summed E-state index contributed by atoms with van der Waals surface area (Å²) in [4.78, 5) is 17.2. The highest BCUT2D eigenvalue weighted by atomic mass is 16.2. The number of rotatable bonds is 5. The van der Waals surface area contributed by atoms with Crippen molar-refractivity contribution in [2.45, 2.75) is 12.5 Å². The fourth-order valence-corrected chi connectivity index (χ4v) is 4.39. The molecule has 2 fully saturated rings. The minimum atomic E-state index is 0.104. The van der Waals surface area contributed by atoms with E-state index in [-0.39, 0.29) is 11.9 Å². The Morgan fingerprint density at radius 3 is 2.12 bits per heavy atom.